The molecule has 0 saturated heterocycles. The molecule has 1 unspecified atom stereocenters. The highest BCUT2D eigenvalue weighted by Gasteiger charge is 2.29. The lowest BCUT2D eigenvalue weighted by Crippen LogP contribution is -2.14. The second-order valence-electron chi connectivity index (χ2n) is 8.39. The molecule has 3 aromatic rings. The molecule has 3 aromatic carbocycles. The van der Waals surface area contributed by atoms with Crippen LogP contribution >= 0.6 is 23.2 Å². The van der Waals surface area contributed by atoms with E-state index < -0.39 is 20.6 Å². The van der Waals surface area contributed by atoms with Gasteiger partial charge >= 0.3 is 0 Å². The van der Waals surface area contributed by atoms with E-state index in [0.29, 0.717) is 31.8 Å². The zero-order chi connectivity index (χ0) is 24.5. The van der Waals surface area contributed by atoms with Crippen LogP contribution in [0.4, 0.5) is 5.69 Å². The van der Waals surface area contributed by atoms with Crippen molar-refractivity contribution in [2.75, 3.05) is 17.3 Å². The first-order chi connectivity index (χ1) is 16.1. The van der Waals surface area contributed by atoms with Crippen LogP contribution in [0.1, 0.15) is 18.4 Å². The molecule has 0 heterocycles. The number of anilines is 1. The lowest BCUT2D eigenvalue weighted by Gasteiger charge is -2.12. The third-order valence-electron chi connectivity index (χ3n) is 5.60. The van der Waals surface area contributed by atoms with Gasteiger partial charge in [-0.3, -0.25) is 9.00 Å². The highest BCUT2D eigenvalue weighted by atomic mass is 35.5. The van der Waals surface area contributed by atoms with Gasteiger partial charge in [-0.25, -0.2) is 8.42 Å². The molecule has 1 atom stereocenters. The van der Waals surface area contributed by atoms with Crippen LogP contribution in [-0.2, 0) is 31.9 Å². The minimum atomic E-state index is -3.28. The van der Waals surface area contributed by atoms with E-state index in [1.165, 1.54) is 0 Å². The van der Waals surface area contributed by atoms with Crippen LogP contribution in [-0.4, -0.2) is 30.5 Å². The summed E-state index contributed by atoms with van der Waals surface area (Å²) in [4.78, 5) is 13.5. The molecule has 178 valence electrons. The average molecular weight is 537 g/mol. The highest BCUT2D eigenvalue weighted by molar-refractivity contribution is 7.91. The van der Waals surface area contributed by atoms with Crippen LogP contribution in [0, 0.1) is 5.92 Å². The van der Waals surface area contributed by atoms with Crippen molar-refractivity contribution >= 4 is 55.4 Å². The summed E-state index contributed by atoms with van der Waals surface area (Å²) in [6, 6.07) is 16.8. The topological polar surface area (TPSA) is 80.3 Å². The number of amides is 1. The van der Waals surface area contributed by atoms with Crippen molar-refractivity contribution in [3.8, 4) is 11.1 Å². The van der Waals surface area contributed by atoms with E-state index >= 15 is 0 Å². The maximum atomic E-state index is 12.6. The molecule has 9 heteroatoms. The van der Waals surface area contributed by atoms with E-state index in [9.17, 15) is 17.4 Å². The van der Waals surface area contributed by atoms with Crippen LogP contribution < -0.4 is 5.32 Å². The molecule has 1 saturated carbocycles. The van der Waals surface area contributed by atoms with Gasteiger partial charge in [-0.05, 0) is 66.3 Å². The van der Waals surface area contributed by atoms with Crippen molar-refractivity contribution in [3.63, 3.8) is 0 Å². The fourth-order valence-electron chi connectivity index (χ4n) is 3.63. The maximum absolute atomic E-state index is 12.6. The normalized spacial score (nSPS) is 14.6. The Balaban J connectivity index is 1.43. The monoisotopic (exact) mass is 535 g/mol. The lowest BCUT2D eigenvalue weighted by atomic mass is 10.0. The number of hydrogen-bond donors (Lipinski definition) is 1. The molecule has 1 fully saturated rings. The number of benzene rings is 3. The van der Waals surface area contributed by atoms with E-state index in [-0.39, 0.29) is 28.9 Å². The third kappa shape index (κ3) is 6.08. The number of nitrogens with one attached hydrogen (secondary N) is 1. The molecule has 0 aromatic heterocycles. The molecule has 4 rings (SSSR count). The van der Waals surface area contributed by atoms with Gasteiger partial charge in [0.25, 0.3) is 0 Å². The summed E-state index contributed by atoms with van der Waals surface area (Å²) in [6.45, 7) is 0. The number of halogens is 2. The Morgan fingerprint density at radius 3 is 2.12 bits per heavy atom. The largest absolute Gasteiger partial charge is 0.326 e. The number of hydrogen-bond acceptors (Lipinski definition) is 4. The smallest absolute Gasteiger partial charge is 0.228 e. The Bertz CT molecular complexity index is 1330. The predicted molar refractivity (Wildman–Crippen MR) is 138 cm³/mol. The average Bonchev–Trinajstić information content (AvgIpc) is 3.57. The Morgan fingerprint density at radius 1 is 1.00 bits per heavy atom. The number of rotatable bonds is 8. The Kier molecular flexibility index (Phi) is 7.48. The van der Waals surface area contributed by atoms with Gasteiger partial charge in [-0.15, -0.1) is 0 Å². The van der Waals surface area contributed by atoms with Crippen LogP contribution in [0.3, 0.4) is 0 Å². The molecule has 1 aliphatic rings. The van der Waals surface area contributed by atoms with Gasteiger partial charge < -0.3 is 5.32 Å². The van der Waals surface area contributed by atoms with E-state index in [0.717, 1.165) is 18.4 Å². The van der Waals surface area contributed by atoms with Crippen molar-refractivity contribution in [2.24, 2.45) is 5.92 Å². The SMILES string of the molecule is CS(=O)c1ccc(-c2c(Cl)cc(NC(=O)Cc3ccc(S(=O)(=O)CC4CC4)cc3)cc2Cl)cc1. The van der Waals surface area contributed by atoms with Gasteiger partial charge in [0.15, 0.2) is 9.84 Å². The molecule has 0 bridgehead atoms. The zero-order valence-electron chi connectivity index (χ0n) is 18.4. The number of sulfone groups is 1. The summed E-state index contributed by atoms with van der Waals surface area (Å²) in [5.74, 6) is 0.192. The molecular formula is C25H23Cl2NO4S2. The summed E-state index contributed by atoms with van der Waals surface area (Å²) in [5, 5.41) is 3.53. The van der Waals surface area contributed by atoms with Gasteiger partial charge in [0.05, 0.1) is 27.1 Å². The number of carbonyl (C=O) groups excluding carboxylic acids is 1. The fraction of sp³-hybridized carbons (Fsp3) is 0.240. The quantitative estimate of drug-likeness (QED) is 0.397. The van der Waals surface area contributed by atoms with Crippen LogP contribution in [0.5, 0.6) is 0 Å². The second kappa shape index (κ2) is 10.2. The van der Waals surface area contributed by atoms with Gasteiger partial charge in [0.2, 0.25) is 5.91 Å². The molecule has 1 aliphatic carbocycles. The van der Waals surface area contributed by atoms with Crippen LogP contribution in [0.15, 0.2) is 70.5 Å². The predicted octanol–water partition coefficient (Wildman–Crippen LogP) is 5.76. The first-order valence-corrected chi connectivity index (χ1v) is 14.6. The summed E-state index contributed by atoms with van der Waals surface area (Å²) < 4.78 is 36.4. The summed E-state index contributed by atoms with van der Waals surface area (Å²) in [5.41, 5.74) is 2.56. The molecule has 5 nitrogen and oxygen atoms in total. The van der Waals surface area contributed by atoms with Crippen LogP contribution in [0.25, 0.3) is 11.1 Å². The van der Waals surface area contributed by atoms with Gasteiger partial charge in [-0.2, -0.15) is 0 Å². The Morgan fingerprint density at radius 2 is 1.59 bits per heavy atom. The molecule has 0 aliphatic heterocycles. The second-order valence-corrected chi connectivity index (χ2v) is 12.6. The third-order valence-corrected chi connectivity index (χ3v) is 9.03. The van der Waals surface area contributed by atoms with Crippen molar-refractivity contribution in [3.05, 3.63) is 76.3 Å². The molecule has 1 N–H and O–H groups in total. The van der Waals surface area contributed by atoms with Crippen LogP contribution in [0.2, 0.25) is 10.0 Å². The summed E-state index contributed by atoms with van der Waals surface area (Å²) in [7, 11) is -4.36. The van der Waals surface area contributed by atoms with E-state index in [1.54, 1.807) is 66.9 Å². The van der Waals surface area contributed by atoms with Gasteiger partial charge in [0.1, 0.15) is 0 Å². The standard InChI is InChI=1S/C25H23Cl2NO4S2/c1-33(30)20-8-6-18(7-9-20)25-22(26)13-19(14-23(25)27)28-24(29)12-16-4-10-21(11-5-16)34(31,32)15-17-2-3-17/h4-11,13-14,17H,2-3,12,15H2,1H3,(H,28,29). The first-order valence-electron chi connectivity index (χ1n) is 10.7. The minimum Gasteiger partial charge on any atom is -0.326 e. The van der Waals surface area contributed by atoms with Gasteiger partial charge in [0, 0.05) is 33.2 Å². The van der Waals surface area contributed by atoms with Crippen molar-refractivity contribution in [1.82, 2.24) is 0 Å². The van der Waals surface area contributed by atoms with Gasteiger partial charge in [-0.1, -0.05) is 47.5 Å². The van der Waals surface area contributed by atoms with E-state index in [4.69, 9.17) is 23.2 Å². The molecule has 1 amide bonds. The Labute approximate surface area is 211 Å². The first kappa shape index (κ1) is 24.9. The highest BCUT2D eigenvalue weighted by Crippen LogP contribution is 2.37. The molecule has 34 heavy (non-hydrogen) atoms. The lowest BCUT2D eigenvalue weighted by molar-refractivity contribution is -0.115. The Hall–Kier alpha value is -2.19. The number of carbonyl (C=O) groups is 1. The van der Waals surface area contributed by atoms with Crippen molar-refractivity contribution < 1.29 is 17.4 Å². The molecular weight excluding hydrogens is 513 g/mol. The molecule has 0 radical (unpaired) electrons. The summed E-state index contributed by atoms with van der Waals surface area (Å²) >= 11 is 12.9. The van der Waals surface area contributed by atoms with E-state index in [1.807, 2.05) is 0 Å². The molecule has 0 spiro atoms. The fourth-order valence-corrected chi connectivity index (χ4v) is 6.55. The summed E-state index contributed by atoms with van der Waals surface area (Å²) in [6.07, 6.45) is 3.63. The zero-order valence-corrected chi connectivity index (χ0v) is 21.5. The van der Waals surface area contributed by atoms with Crippen molar-refractivity contribution in [1.29, 1.82) is 0 Å². The van der Waals surface area contributed by atoms with Crippen molar-refractivity contribution in [2.45, 2.75) is 29.1 Å². The maximum Gasteiger partial charge on any atom is 0.228 e. The van der Waals surface area contributed by atoms with E-state index in [2.05, 4.69) is 5.32 Å². The minimum absolute atomic E-state index is 0.0789.